The molecule has 4 nitrogen and oxygen atoms in total. The third-order valence-corrected chi connectivity index (χ3v) is 2.99. The molecule has 1 fully saturated rings. The van der Waals surface area contributed by atoms with E-state index in [0.29, 0.717) is 6.61 Å². The topological polar surface area (TPSA) is 37.4 Å². The summed E-state index contributed by atoms with van der Waals surface area (Å²) in [7, 11) is 0. The molecule has 0 unspecified atom stereocenters. The predicted octanol–water partition coefficient (Wildman–Crippen LogP) is 0.893. The zero-order valence-corrected chi connectivity index (χ0v) is 10.3. The van der Waals surface area contributed by atoms with Crippen molar-refractivity contribution in [1.29, 1.82) is 0 Å². The third kappa shape index (κ3) is 4.81. The monoisotopic (exact) mass is 235 g/mol. The Morgan fingerprint density at radius 1 is 1.24 bits per heavy atom. The Labute approximate surface area is 103 Å². The lowest BCUT2D eigenvalue weighted by molar-refractivity contribution is 0.106. The molecule has 1 aromatic heterocycles. The zero-order valence-electron chi connectivity index (χ0n) is 10.3. The summed E-state index contributed by atoms with van der Waals surface area (Å²) in [5.41, 5.74) is 1.20. The van der Waals surface area contributed by atoms with Crippen LogP contribution in [0.25, 0.3) is 0 Å². The van der Waals surface area contributed by atoms with E-state index in [4.69, 9.17) is 4.74 Å². The van der Waals surface area contributed by atoms with E-state index >= 15 is 0 Å². The molecule has 0 amide bonds. The van der Waals surface area contributed by atoms with Crippen LogP contribution in [0.15, 0.2) is 24.5 Å². The van der Waals surface area contributed by atoms with Crippen molar-refractivity contribution in [2.24, 2.45) is 0 Å². The van der Waals surface area contributed by atoms with E-state index in [1.165, 1.54) is 18.7 Å². The van der Waals surface area contributed by atoms with Crippen LogP contribution in [0, 0.1) is 0 Å². The van der Waals surface area contributed by atoms with Gasteiger partial charge in [0.15, 0.2) is 0 Å². The standard InChI is InChI=1S/C13H21N3O/c1(8-16-9-6-15-7-10-16)11-17-12-13-2-4-14-5-3-13/h2-5,15H,1,6-12H2. The average Bonchev–Trinajstić information content (AvgIpc) is 2.41. The number of hydrogen-bond acceptors (Lipinski definition) is 4. The molecule has 1 saturated heterocycles. The van der Waals surface area contributed by atoms with Gasteiger partial charge in [0.1, 0.15) is 0 Å². The second-order valence-corrected chi connectivity index (χ2v) is 4.35. The number of piperazine rings is 1. The normalized spacial score (nSPS) is 17.2. The maximum Gasteiger partial charge on any atom is 0.0717 e. The van der Waals surface area contributed by atoms with Crippen LogP contribution in [-0.2, 0) is 11.3 Å². The van der Waals surface area contributed by atoms with Crippen molar-refractivity contribution >= 4 is 0 Å². The van der Waals surface area contributed by atoms with Gasteiger partial charge in [-0.1, -0.05) is 0 Å². The average molecular weight is 235 g/mol. The van der Waals surface area contributed by atoms with Gasteiger partial charge in [0.05, 0.1) is 6.61 Å². The highest BCUT2D eigenvalue weighted by molar-refractivity contribution is 5.07. The van der Waals surface area contributed by atoms with Crippen molar-refractivity contribution in [3.05, 3.63) is 30.1 Å². The number of aromatic nitrogens is 1. The smallest absolute Gasteiger partial charge is 0.0717 e. The minimum absolute atomic E-state index is 0.698. The van der Waals surface area contributed by atoms with Gasteiger partial charge in [0.25, 0.3) is 0 Å². The van der Waals surface area contributed by atoms with Crippen molar-refractivity contribution in [2.45, 2.75) is 13.0 Å². The second-order valence-electron chi connectivity index (χ2n) is 4.35. The fourth-order valence-electron chi connectivity index (χ4n) is 1.99. The Morgan fingerprint density at radius 3 is 2.76 bits per heavy atom. The number of nitrogens with one attached hydrogen (secondary N) is 1. The Hall–Kier alpha value is -0.970. The van der Waals surface area contributed by atoms with Gasteiger partial charge in [-0.2, -0.15) is 0 Å². The molecule has 0 aromatic carbocycles. The fraction of sp³-hybridized carbons (Fsp3) is 0.615. The number of pyridine rings is 1. The molecule has 1 aliphatic heterocycles. The first-order valence-electron chi connectivity index (χ1n) is 6.35. The first-order chi connectivity index (χ1) is 8.45. The Kier molecular flexibility index (Phi) is 5.42. The van der Waals surface area contributed by atoms with E-state index < -0.39 is 0 Å². The van der Waals surface area contributed by atoms with Crippen molar-refractivity contribution in [2.75, 3.05) is 39.3 Å². The first-order valence-corrected chi connectivity index (χ1v) is 6.35. The van der Waals surface area contributed by atoms with Gasteiger partial charge in [-0.05, 0) is 24.1 Å². The molecule has 0 radical (unpaired) electrons. The summed E-state index contributed by atoms with van der Waals surface area (Å²) < 4.78 is 5.64. The molecule has 1 aromatic rings. The van der Waals surface area contributed by atoms with Gasteiger partial charge in [-0.3, -0.25) is 4.98 Å². The highest BCUT2D eigenvalue weighted by atomic mass is 16.5. The predicted molar refractivity (Wildman–Crippen MR) is 67.8 cm³/mol. The molecular formula is C13H21N3O. The van der Waals surface area contributed by atoms with Gasteiger partial charge in [-0.25, -0.2) is 0 Å². The summed E-state index contributed by atoms with van der Waals surface area (Å²) in [5.74, 6) is 0. The van der Waals surface area contributed by atoms with Crippen LogP contribution in [0.4, 0.5) is 0 Å². The summed E-state index contributed by atoms with van der Waals surface area (Å²) >= 11 is 0. The van der Waals surface area contributed by atoms with Crippen LogP contribution in [0.3, 0.4) is 0 Å². The lowest BCUT2D eigenvalue weighted by atomic mass is 10.3. The molecule has 94 valence electrons. The largest absolute Gasteiger partial charge is 0.377 e. The SMILES string of the molecule is c1cc(COCCCN2CCNCC2)ccn1. The Morgan fingerprint density at radius 2 is 2.00 bits per heavy atom. The molecule has 2 heterocycles. The van der Waals surface area contributed by atoms with Crippen molar-refractivity contribution in [1.82, 2.24) is 15.2 Å². The van der Waals surface area contributed by atoms with Crippen molar-refractivity contribution in [3.63, 3.8) is 0 Å². The summed E-state index contributed by atoms with van der Waals surface area (Å²) in [4.78, 5) is 6.48. The lowest BCUT2D eigenvalue weighted by Gasteiger charge is -2.26. The van der Waals surface area contributed by atoms with Crippen LogP contribution in [0.1, 0.15) is 12.0 Å². The Balaban J connectivity index is 1.51. The van der Waals surface area contributed by atoms with E-state index in [-0.39, 0.29) is 0 Å². The first kappa shape index (κ1) is 12.5. The number of hydrogen-bond donors (Lipinski definition) is 1. The fourth-order valence-corrected chi connectivity index (χ4v) is 1.99. The second kappa shape index (κ2) is 7.37. The molecule has 0 aliphatic carbocycles. The molecule has 0 atom stereocenters. The van der Waals surface area contributed by atoms with E-state index in [2.05, 4.69) is 15.2 Å². The Bertz CT molecular complexity index is 299. The molecule has 0 bridgehead atoms. The van der Waals surface area contributed by atoms with Crippen molar-refractivity contribution in [3.8, 4) is 0 Å². The summed E-state index contributed by atoms with van der Waals surface area (Å²) in [6, 6.07) is 3.99. The zero-order chi connectivity index (χ0) is 11.8. The molecule has 2 rings (SSSR count). The third-order valence-electron chi connectivity index (χ3n) is 2.99. The van der Waals surface area contributed by atoms with Crippen LogP contribution >= 0.6 is 0 Å². The van der Waals surface area contributed by atoms with Gasteiger partial charge >= 0.3 is 0 Å². The maximum absolute atomic E-state index is 5.64. The van der Waals surface area contributed by atoms with Gasteiger partial charge < -0.3 is 15.0 Å². The van der Waals surface area contributed by atoms with Crippen LogP contribution in [0.2, 0.25) is 0 Å². The van der Waals surface area contributed by atoms with Gasteiger partial charge in [0, 0.05) is 51.7 Å². The molecule has 17 heavy (non-hydrogen) atoms. The van der Waals surface area contributed by atoms with Gasteiger partial charge in [-0.15, -0.1) is 0 Å². The minimum atomic E-state index is 0.698. The minimum Gasteiger partial charge on any atom is -0.377 e. The van der Waals surface area contributed by atoms with E-state index in [0.717, 1.165) is 32.7 Å². The van der Waals surface area contributed by atoms with Gasteiger partial charge in [0.2, 0.25) is 0 Å². The van der Waals surface area contributed by atoms with E-state index in [9.17, 15) is 0 Å². The van der Waals surface area contributed by atoms with Crippen molar-refractivity contribution < 1.29 is 4.74 Å². The van der Waals surface area contributed by atoms with Crippen LogP contribution in [0.5, 0.6) is 0 Å². The summed E-state index contributed by atoms with van der Waals surface area (Å²) in [6.45, 7) is 7.28. The summed E-state index contributed by atoms with van der Waals surface area (Å²) in [5, 5.41) is 3.36. The number of ether oxygens (including phenoxy) is 1. The molecule has 0 spiro atoms. The number of rotatable bonds is 6. The molecular weight excluding hydrogens is 214 g/mol. The highest BCUT2D eigenvalue weighted by Crippen LogP contribution is 2.00. The van der Waals surface area contributed by atoms with Crippen LogP contribution in [-0.4, -0.2) is 49.2 Å². The maximum atomic E-state index is 5.64. The van der Waals surface area contributed by atoms with E-state index in [1.54, 1.807) is 12.4 Å². The molecule has 1 N–H and O–H groups in total. The molecule has 1 aliphatic rings. The summed E-state index contributed by atoms with van der Waals surface area (Å²) in [6.07, 6.45) is 4.73. The quantitative estimate of drug-likeness (QED) is 0.743. The molecule has 0 saturated carbocycles. The highest BCUT2D eigenvalue weighted by Gasteiger charge is 2.07. The van der Waals surface area contributed by atoms with Crippen LogP contribution < -0.4 is 5.32 Å². The number of nitrogens with zero attached hydrogens (tertiary/aromatic N) is 2. The lowest BCUT2D eigenvalue weighted by Crippen LogP contribution is -2.43. The van der Waals surface area contributed by atoms with E-state index in [1.807, 2.05) is 12.1 Å². The molecule has 4 heteroatoms.